The minimum absolute atomic E-state index is 0.234. The molecule has 0 atom stereocenters. The van der Waals surface area contributed by atoms with Crippen LogP contribution >= 0.6 is 0 Å². The quantitative estimate of drug-likeness (QED) is 0.827. The first kappa shape index (κ1) is 13.5. The number of carbonyl (C=O) groups excluding carboxylic acids is 2. The number of aromatic amines is 1. The minimum Gasteiger partial charge on any atom is -0.465 e. The number of rotatable bonds is 3. The summed E-state index contributed by atoms with van der Waals surface area (Å²) in [5.74, 6) is -0.921. The van der Waals surface area contributed by atoms with E-state index in [1.54, 1.807) is 18.2 Å². The fraction of sp³-hybridized carbons (Fsp3) is 0.0714. The molecule has 6 nitrogen and oxygen atoms in total. The molecular formula is C14H12N2O4. The van der Waals surface area contributed by atoms with Gasteiger partial charge in [-0.15, -0.1) is 0 Å². The maximum Gasteiger partial charge on any atom is 0.337 e. The number of hydrogen-bond acceptors (Lipinski definition) is 4. The molecule has 1 aromatic heterocycles. The first-order valence-electron chi connectivity index (χ1n) is 5.78. The number of carbonyl (C=O) groups is 2. The van der Waals surface area contributed by atoms with Crippen LogP contribution in [-0.4, -0.2) is 24.0 Å². The zero-order valence-electron chi connectivity index (χ0n) is 10.7. The van der Waals surface area contributed by atoms with Crippen molar-refractivity contribution in [2.45, 2.75) is 0 Å². The summed E-state index contributed by atoms with van der Waals surface area (Å²) in [6.07, 6.45) is 1.39. The van der Waals surface area contributed by atoms with Crippen molar-refractivity contribution in [2.75, 3.05) is 12.4 Å². The third-order valence-corrected chi connectivity index (χ3v) is 2.58. The Kier molecular flexibility index (Phi) is 3.95. The van der Waals surface area contributed by atoms with Crippen LogP contribution in [0.15, 0.2) is 47.4 Å². The summed E-state index contributed by atoms with van der Waals surface area (Å²) in [5.41, 5.74) is 0.646. The van der Waals surface area contributed by atoms with Crippen molar-refractivity contribution in [3.8, 4) is 0 Å². The summed E-state index contributed by atoms with van der Waals surface area (Å²) in [7, 11) is 1.28. The molecule has 102 valence electrons. The van der Waals surface area contributed by atoms with Gasteiger partial charge in [0.25, 0.3) is 5.91 Å². The van der Waals surface area contributed by atoms with Crippen molar-refractivity contribution >= 4 is 17.6 Å². The van der Waals surface area contributed by atoms with Crippen molar-refractivity contribution in [1.29, 1.82) is 0 Å². The highest BCUT2D eigenvalue weighted by atomic mass is 16.5. The van der Waals surface area contributed by atoms with E-state index < -0.39 is 11.9 Å². The Labute approximate surface area is 114 Å². The monoisotopic (exact) mass is 272 g/mol. The molecule has 0 aliphatic rings. The number of hydrogen-bond donors (Lipinski definition) is 2. The zero-order valence-corrected chi connectivity index (χ0v) is 10.7. The molecule has 2 aromatic rings. The van der Waals surface area contributed by atoms with E-state index in [0.29, 0.717) is 11.3 Å². The second-order valence-corrected chi connectivity index (χ2v) is 3.97. The van der Waals surface area contributed by atoms with Gasteiger partial charge < -0.3 is 15.0 Å². The van der Waals surface area contributed by atoms with Crippen molar-refractivity contribution in [2.24, 2.45) is 0 Å². The van der Waals surface area contributed by atoms with Crippen LogP contribution in [0.3, 0.4) is 0 Å². The average Bonchev–Trinajstić information content (AvgIpc) is 2.46. The number of methoxy groups -OCH3 is 1. The zero-order chi connectivity index (χ0) is 14.5. The van der Waals surface area contributed by atoms with Gasteiger partial charge in [0.05, 0.1) is 12.7 Å². The molecular weight excluding hydrogens is 260 g/mol. The molecule has 0 bridgehead atoms. The van der Waals surface area contributed by atoms with Crippen molar-refractivity contribution in [1.82, 2.24) is 4.98 Å². The summed E-state index contributed by atoms with van der Waals surface area (Å²) in [6.45, 7) is 0. The SMILES string of the molecule is COC(=O)c1cccc(NC(=O)c2cc[nH]c(=O)c2)c1. The van der Waals surface area contributed by atoms with E-state index in [1.165, 1.54) is 31.5 Å². The van der Waals surface area contributed by atoms with E-state index >= 15 is 0 Å². The molecule has 2 rings (SSSR count). The summed E-state index contributed by atoms with van der Waals surface area (Å²) >= 11 is 0. The number of ether oxygens (including phenoxy) is 1. The van der Waals surface area contributed by atoms with Crippen LogP contribution < -0.4 is 10.9 Å². The van der Waals surface area contributed by atoms with E-state index in [9.17, 15) is 14.4 Å². The molecule has 6 heteroatoms. The fourth-order valence-corrected chi connectivity index (χ4v) is 1.63. The number of esters is 1. The van der Waals surface area contributed by atoms with Gasteiger partial charge in [-0.25, -0.2) is 4.79 Å². The van der Waals surface area contributed by atoms with Crippen LogP contribution in [0.25, 0.3) is 0 Å². The molecule has 0 fully saturated rings. The van der Waals surface area contributed by atoms with Gasteiger partial charge in [-0.05, 0) is 24.3 Å². The van der Waals surface area contributed by atoms with Gasteiger partial charge in [-0.3, -0.25) is 9.59 Å². The lowest BCUT2D eigenvalue weighted by Crippen LogP contribution is -2.15. The molecule has 1 heterocycles. The topological polar surface area (TPSA) is 88.3 Å². The maximum atomic E-state index is 11.9. The first-order valence-corrected chi connectivity index (χ1v) is 5.78. The van der Waals surface area contributed by atoms with E-state index in [4.69, 9.17) is 0 Å². The van der Waals surface area contributed by atoms with Crippen molar-refractivity contribution in [3.05, 3.63) is 64.1 Å². The predicted octanol–water partition coefficient (Wildman–Crippen LogP) is 1.41. The molecule has 2 N–H and O–H groups in total. The number of benzene rings is 1. The molecule has 0 saturated carbocycles. The molecule has 1 amide bonds. The number of nitrogens with one attached hydrogen (secondary N) is 2. The lowest BCUT2D eigenvalue weighted by molar-refractivity contribution is 0.0600. The fourth-order valence-electron chi connectivity index (χ4n) is 1.63. The number of pyridine rings is 1. The molecule has 20 heavy (non-hydrogen) atoms. The second kappa shape index (κ2) is 5.83. The van der Waals surface area contributed by atoms with Crippen LogP contribution in [0, 0.1) is 0 Å². The predicted molar refractivity (Wildman–Crippen MR) is 72.8 cm³/mol. The summed E-state index contributed by atoms with van der Waals surface area (Å²) in [4.78, 5) is 36.9. The number of aromatic nitrogens is 1. The van der Waals surface area contributed by atoms with Crippen molar-refractivity contribution < 1.29 is 14.3 Å². The van der Waals surface area contributed by atoms with Gasteiger partial charge in [-0.2, -0.15) is 0 Å². The smallest absolute Gasteiger partial charge is 0.337 e. The number of H-pyrrole nitrogens is 1. The Balaban J connectivity index is 2.20. The second-order valence-electron chi connectivity index (χ2n) is 3.97. The molecule has 0 saturated heterocycles. The van der Waals surface area contributed by atoms with Gasteiger partial charge >= 0.3 is 5.97 Å². The Hall–Kier alpha value is -2.89. The van der Waals surface area contributed by atoms with Crippen LogP contribution in [-0.2, 0) is 4.74 Å². The van der Waals surface area contributed by atoms with Crippen LogP contribution in [0.1, 0.15) is 20.7 Å². The number of amides is 1. The van der Waals surface area contributed by atoms with Crippen LogP contribution in [0.5, 0.6) is 0 Å². The summed E-state index contributed by atoms with van der Waals surface area (Å²) in [6, 6.07) is 9.02. The van der Waals surface area contributed by atoms with E-state index in [0.717, 1.165) is 0 Å². The van der Waals surface area contributed by atoms with Gasteiger partial charge in [-0.1, -0.05) is 6.07 Å². The molecule has 0 spiro atoms. The normalized spacial score (nSPS) is 9.85. The van der Waals surface area contributed by atoms with Gasteiger partial charge in [0.2, 0.25) is 5.56 Å². The third-order valence-electron chi connectivity index (χ3n) is 2.58. The minimum atomic E-state index is -0.489. The van der Waals surface area contributed by atoms with Gasteiger partial charge in [0.15, 0.2) is 0 Å². The Morgan fingerprint density at radius 1 is 1.15 bits per heavy atom. The van der Waals surface area contributed by atoms with Crippen LogP contribution in [0.4, 0.5) is 5.69 Å². The highest BCUT2D eigenvalue weighted by Crippen LogP contribution is 2.12. The summed E-state index contributed by atoms with van der Waals surface area (Å²) < 4.78 is 4.60. The average molecular weight is 272 g/mol. The third kappa shape index (κ3) is 3.11. The maximum absolute atomic E-state index is 11.9. The molecule has 0 unspecified atom stereocenters. The van der Waals surface area contributed by atoms with E-state index in [2.05, 4.69) is 15.0 Å². The Morgan fingerprint density at radius 2 is 1.95 bits per heavy atom. The van der Waals surface area contributed by atoms with E-state index in [-0.39, 0.29) is 11.1 Å². The summed E-state index contributed by atoms with van der Waals surface area (Å²) in [5, 5.41) is 2.61. The Morgan fingerprint density at radius 3 is 2.65 bits per heavy atom. The molecule has 0 aliphatic carbocycles. The van der Waals surface area contributed by atoms with Gasteiger partial charge in [0.1, 0.15) is 0 Å². The van der Waals surface area contributed by atoms with Crippen molar-refractivity contribution in [3.63, 3.8) is 0 Å². The first-order chi connectivity index (χ1) is 9.60. The molecule has 0 radical (unpaired) electrons. The Bertz CT molecular complexity index is 706. The largest absolute Gasteiger partial charge is 0.465 e. The number of anilines is 1. The lowest BCUT2D eigenvalue weighted by Gasteiger charge is -2.06. The highest BCUT2D eigenvalue weighted by molar-refractivity contribution is 6.04. The standard InChI is InChI=1S/C14H12N2O4/c1-20-14(19)10-3-2-4-11(7-10)16-13(18)9-5-6-15-12(17)8-9/h2-8H,1H3,(H,15,17)(H,16,18). The van der Waals surface area contributed by atoms with E-state index in [1.807, 2.05) is 0 Å². The van der Waals surface area contributed by atoms with Crippen LogP contribution in [0.2, 0.25) is 0 Å². The molecule has 1 aromatic carbocycles. The molecule has 0 aliphatic heterocycles. The highest BCUT2D eigenvalue weighted by Gasteiger charge is 2.09. The lowest BCUT2D eigenvalue weighted by atomic mass is 10.2. The van der Waals surface area contributed by atoms with Gasteiger partial charge in [0, 0.05) is 23.5 Å².